The largest absolute Gasteiger partial charge is 0.271 e. The first kappa shape index (κ1) is 12.7. The number of pyridine rings is 2. The van der Waals surface area contributed by atoms with Gasteiger partial charge in [-0.1, -0.05) is 12.1 Å². The number of nitrogens with zero attached hydrogens (tertiary/aromatic N) is 2. The van der Waals surface area contributed by atoms with Gasteiger partial charge < -0.3 is 0 Å². The van der Waals surface area contributed by atoms with Gasteiger partial charge in [0.1, 0.15) is 5.82 Å². The summed E-state index contributed by atoms with van der Waals surface area (Å²) in [6.07, 6.45) is 2.93. The van der Waals surface area contributed by atoms with Gasteiger partial charge in [-0.2, -0.15) is 0 Å². The van der Waals surface area contributed by atoms with Crippen molar-refractivity contribution >= 4 is 10.9 Å². The molecule has 4 nitrogen and oxygen atoms in total. The maximum Gasteiger partial charge on any atom is 0.141 e. The molecule has 0 aliphatic carbocycles. The van der Waals surface area contributed by atoms with Crippen LogP contribution in [0.2, 0.25) is 0 Å². The van der Waals surface area contributed by atoms with Crippen LogP contribution in [0, 0.1) is 5.82 Å². The number of benzene rings is 1. The van der Waals surface area contributed by atoms with Crippen LogP contribution in [-0.2, 0) is 0 Å². The molecular weight excluding hydrogens is 255 g/mol. The molecule has 3 rings (SSSR count). The highest BCUT2D eigenvalue weighted by molar-refractivity contribution is 5.79. The van der Waals surface area contributed by atoms with E-state index in [4.69, 9.17) is 5.84 Å². The standard InChI is InChI=1S/C15H13FN4/c16-12-4-6-14(19-9-12)15(20-17)11-3-5-13-10(8-11)2-1-7-18-13/h1-9,15,20H,17H2. The Hall–Kier alpha value is -2.37. The molecule has 0 fully saturated rings. The minimum Gasteiger partial charge on any atom is -0.271 e. The van der Waals surface area contributed by atoms with E-state index in [1.165, 1.54) is 12.3 Å². The fourth-order valence-electron chi connectivity index (χ4n) is 2.18. The van der Waals surface area contributed by atoms with Crippen LogP contribution in [0.1, 0.15) is 17.3 Å². The zero-order valence-electron chi connectivity index (χ0n) is 10.6. The summed E-state index contributed by atoms with van der Waals surface area (Å²) in [7, 11) is 0. The summed E-state index contributed by atoms with van der Waals surface area (Å²) in [5.41, 5.74) is 5.24. The fourth-order valence-corrected chi connectivity index (χ4v) is 2.18. The molecule has 2 heterocycles. The maximum absolute atomic E-state index is 12.9. The van der Waals surface area contributed by atoms with Gasteiger partial charge in [-0.05, 0) is 35.9 Å². The van der Waals surface area contributed by atoms with E-state index in [1.54, 1.807) is 12.3 Å². The lowest BCUT2D eigenvalue weighted by molar-refractivity contribution is 0.597. The Balaban J connectivity index is 2.04. The van der Waals surface area contributed by atoms with Crippen molar-refractivity contribution in [1.82, 2.24) is 15.4 Å². The molecule has 0 saturated heterocycles. The van der Waals surface area contributed by atoms with Crippen molar-refractivity contribution in [3.8, 4) is 0 Å². The van der Waals surface area contributed by atoms with Gasteiger partial charge in [-0.25, -0.2) is 9.82 Å². The third kappa shape index (κ3) is 2.36. The second-order valence-corrected chi connectivity index (χ2v) is 4.46. The molecule has 2 aromatic heterocycles. The first-order valence-corrected chi connectivity index (χ1v) is 6.20. The van der Waals surface area contributed by atoms with Crippen LogP contribution in [0.15, 0.2) is 54.9 Å². The van der Waals surface area contributed by atoms with E-state index in [9.17, 15) is 4.39 Å². The Morgan fingerprint density at radius 2 is 2.00 bits per heavy atom. The molecule has 1 atom stereocenters. The van der Waals surface area contributed by atoms with Crippen LogP contribution in [0.4, 0.5) is 4.39 Å². The molecule has 1 aromatic carbocycles. The van der Waals surface area contributed by atoms with Gasteiger partial charge in [-0.3, -0.25) is 15.8 Å². The van der Waals surface area contributed by atoms with E-state index in [-0.39, 0.29) is 11.9 Å². The molecule has 100 valence electrons. The molecule has 5 heteroatoms. The van der Waals surface area contributed by atoms with Crippen LogP contribution in [-0.4, -0.2) is 9.97 Å². The van der Waals surface area contributed by atoms with Gasteiger partial charge in [-0.15, -0.1) is 0 Å². The highest BCUT2D eigenvalue weighted by atomic mass is 19.1. The summed E-state index contributed by atoms with van der Waals surface area (Å²) < 4.78 is 12.9. The average molecular weight is 268 g/mol. The maximum atomic E-state index is 12.9. The molecule has 0 amide bonds. The molecular formula is C15H13FN4. The lowest BCUT2D eigenvalue weighted by Gasteiger charge is -2.16. The number of nitrogens with one attached hydrogen (secondary N) is 1. The summed E-state index contributed by atoms with van der Waals surface area (Å²) in [6, 6.07) is 12.4. The van der Waals surface area contributed by atoms with Crippen LogP contribution < -0.4 is 11.3 Å². The molecule has 0 aliphatic rings. The quantitative estimate of drug-likeness (QED) is 0.565. The lowest BCUT2D eigenvalue weighted by Crippen LogP contribution is -2.29. The Kier molecular flexibility index (Phi) is 3.37. The van der Waals surface area contributed by atoms with Gasteiger partial charge in [0, 0.05) is 11.6 Å². The number of fused-ring (bicyclic) bond motifs is 1. The number of aromatic nitrogens is 2. The van der Waals surface area contributed by atoms with Crippen molar-refractivity contribution < 1.29 is 4.39 Å². The van der Waals surface area contributed by atoms with Crippen molar-refractivity contribution in [3.05, 3.63) is 71.9 Å². The Labute approximate surface area is 115 Å². The molecule has 20 heavy (non-hydrogen) atoms. The molecule has 0 saturated carbocycles. The SMILES string of the molecule is NNC(c1ccc2ncccc2c1)c1ccc(F)cn1. The number of nitrogens with two attached hydrogens (primary N) is 1. The van der Waals surface area contributed by atoms with Gasteiger partial charge in [0.15, 0.2) is 0 Å². The van der Waals surface area contributed by atoms with E-state index < -0.39 is 0 Å². The van der Waals surface area contributed by atoms with Gasteiger partial charge in [0.2, 0.25) is 0 Å². The zero-order chi connectivity index (χ0) is 13.9. The van der Waals surface area contributed by atoms with Crippen LogP contribution >= 0.6 is 0 Å². The minimum absolute atomic E-state index is 0.291. The molecule has 1 unspecified atom stereocenters. The fraction of sp³-hybridized carbons (Fsp3) is 0.0667. The smallest absolute Gasteiger partial charge is 0.141 e. The summed E-state index contributed by atoms with van der Waals surface area (Å²) >= 11 is 0. The number of hydrazine groups is 1. The van der Waals surface area contributed by atoms with Crippen molar-refractivity contribution in [3.63, 3.8) is 0 Å². The highest BCUT2D eigenvalue weighted by Crippen LogP contribution is 2.23. The van der Waals surface area contributed by atoms with Crippen LogP contribution in [0.5, 0.6) is 0 Å². The molecule has 0 radical (unpaired) electrons. The predicted octanol–water partition coefficient (Wildman–Crippen LogP) is 2.32. The minimum atomic E-state index is -0.368. The summed E-state index contributed by atoms with van der Waals surface area (Å²) in [4.78, 5) is 8.35. The number of halogens is 1. The average Bonchev–Trinajstić information content (AvgIpc) is 2.50. The first-order chi connectivity index (χ1) is 9.78. The summed E-state index contributed by atoms with van der Waals surface area (Å²) in [6.45, 7) is 0. The van der Waals surface area contributed by atoms with Crippen LogP contribution in [0.3, 0.4) is 0 Å². The van der Waals surface area contributed by atoms with E-state index in [1.807, 2.05) is 30.3 Å². The third-order valence-electron chi connectivity index (χ3n) is 3.17. The van der Waals surface area contributed by atoms with Gasteiger partial charge in [0.25, 0.3) is 0 Å². The highest BCUT2D eigenvalue weighted by Gasteiger charge is 2.14. The Bertz CT molecular complexity index is 727. The third-order valence-corrected chi connectivity index (χ3v) is 3.17. The van der Waals surface area contributed by atoms with Gasteiger partial charge in [0.05, 0.1) is 23.4 Å². The Morgan fingerprint density at radius 3 is 2.75 bits per heavy atom. The van der Waals surface area contributed by atoms with Crippen molar-refractivity contribution in [2.24, 2.45) is 5.84 Å². The van der Waals surface area contributed by atoms with E-state index in [0.717, 1.165) is 16.5 Å². The normalized spacial score (nSPS) is 12.5. The molecule has 3 aromatic rings. The van der Waals surface area contributed by atoms with E-state index >= 15 is 0 Å². The number of hydrogen-bond donors (Lipinski definition) is 2. The summed E-state index contributed by atoms with van der Waals surface area (Å²) in [5, 5.41) is 1.02. The number of hydrogen-bond acceptors (Lipinski definition) is 4. The van der Waals surface area contributed by atoms with Crippen molar-refractivity contribution in [2.45, 2.75) is 6.04 Å². The summed E-state index contributed by atoms with van der Waals surface area (Å²) in [5.74, 6) is 5.25. The van der Waals surface area contributed by atoms with Crippen LogP contribution in [0.25, 0.3) is 10.9 Å². The van der Waals surface area contributed by atoms with Crippen molar-refractivity contribution in [1.29, 1.82) is 0 Å². The second kappa shape index (κ2) is 5.32. The van der Waals surface area contributed by atoms with Gasteiger partial charge >= 0.3 is 0 Å². The second-order valence-electron chi connectivity index (χ2n) is 4.46. The van der Waals surface area contributed by atoms with E-state index in [2.05, 4.69) is 15.4 Å². The molecule has 0 bridgehead atoms. The monoisotopic (exact) mass is 268 g/mol. The topological polar surface area (TPSA) is 63.8 Å². The molecule has 0 spiro atoms. The first-order valence-electron chi connectivity index (χ1n) is 6.20. The predicted molar refractivity (Wildman–Crippen MR) is 75.1 cm³/mol. The van der Waals surface area contributed by atoms with Crippen molar-refractivity contribution in [2.75, 3.05) is 0 Å². The van der Waals surface area contributed by atoms with E-state index in [0.29, 0.717) is 5.69 Å². The lowest BCUT2D eigenvalue weighted by atomic mass is 10.0. The zero-order valence-corrected chi connectivity index (χ0v) is 10.6. The number of rotatable bonds is 3. The molecule has 0 aliphatic heterocycles. The Morgan fingerprint density at radius 1 is 1.10 bits per heavy atom. The molecule has 3 N–H and O–H groups in total.